The average Bonchev–Trinajstić information content (AvgIpc) is 3.12. The Morgan fingerprint density at radius 1 is 1.16 bits per heavy atom. The molecule has 1 aliphatic rings. The number of hydrogen-bond donors (Lipinski definition) is 1. The second-order valence-electron chi connectivity index (χ2n) is 7.70. The molecule has 1 aliphatic heterocycles. The van der Waals surface area contributed by atoms with Crippen LogP contribution in [-0.4, -0.2) is 48.2 Å². The van der Waals surface area contributed by atoms with Crippen LogP contribution in [0.5, 0.6) is 0 Å². The summed E-state index contributed by atoms with van der Waals surface area (Å²) in [5.41, 5.74) is 1.96. The number of carbonyl (C=O) groups excluding carboxylic acids is 3. The Balaban J connectivity index is 1.61. The number of nitrogens with zero attached hydrogens (tertiary/aromatic N) is 3. The van der Waals surface area contributed by atoms with Gasteiger partial charge in [0.15, 0.2) is 0 Å². The summed E-state index contributed by atoms with van der Waals surface area (Å²) in [4.78, 5) is 41.1. The Hall–Kier alpha value is -3.18. The van der Waals surface area contributed by atoms with Crippen LogP contribution in [0.15, 0.2) is 30.3 Å². The molecule has 0 aliphatic carbocycles. The molecule has 0 fully saturated rings. The van der Waals surface area contributed by atoms with E-state index in [0.717, 1.165) is 10.4 Å². The van der Waals surface area contributed by atoms with E-state index in [1.54, 1.807) is 48.2 Å². The molecule has 2 heterocycles. The van der Waals surface area contributed by atoms with Crippen molar-refractivity contribution in [3.8, 4) is 6.07 Å². The predicted octanol–water partition coefficient (Wildman–Crippen LogP) is 3.41. The van der Waals surface area contributed by atoms with E-state index in [2.05, 4.69) is 11.4 Å². The van der Waals surface area contributed by atoms with Crippen molar-refractivity contribution >= 4 is 34.1 Å². The molecule has 0 radical (unpaired) electrons. The van der Waals surface area contributed by atoms with Crippen LogP contribution in [0, 0.1) is 11.3 Å². The number of rotatable bonds is 7. The van der Waals surface area contributed by atoms with E-state index >= 15 is 0 Å². The van der Waals surface area contributed by atoms with Crippen LogP contribution in [0.2, 0.25) is 0 Å². The average molecular weight is 439 g/mol. The molecule has 0 saturated heterocycles. The fraction of sp³-hybridized carbons (Fsp3) is 0.391. The van der Waals surface area contributed by atoms with Crippen LogP contribution in [0.1, 0.15) is 52.0 Å². The summed E-state index contributed by atoms with van der Waals surface area (Å²) >= 11 is 1.37. The molecule has 0 atom stereocenters. The molecule has 0 saturated carbocycles. The van der Waals surface area contributed by atoms with E-state index < -0.39 is 0 Å². The number of benzene rings is 1. The summed E-state index contributed by atoms with van der Waals surface area (Å²) < 4.78 is 0. The number of nitrogens with one attached hydrogen (secondary N) is 1. The molecule has 0 unspecified atom stereocenters. The van der Waals surface area contributed by atoms with E-state index in [9.17, 15) is 19.6 Å². The highest BCUT2D eigenvalue weighted by atomic mass is 32.1. The van der Waals surface area contributed by atoms with E-state index in [1.165, 1.54) is 11.3 Å². The van der Waals surface area contributed by atoms with Crippen molar-refractivity contribution in [1.29, 1.82) is 5.26 Å². The summed E-state index contributed by atoms with van der Waals surface area (Å²) in [6.45, 7) is 1.01. The predicted molar refractivity (Wildman–Crippen MR) is 120 cm³/mol. The van der Waals surface area contributed by atoms with E-state index in [1.807, 2.05) is 6.07 Å². The topological polar surface area (TPSA) is 93.5 Å². The first-order valence-corrected chi connectivity index (χ1v) is 11.1. The van der Waals surface area contributed by atoms with Gasteiger partial charge >= 0.3 is 0 Å². The van der Waals surface area contributed by atoms with Gasteiger partial charge in [0.25, 0.3) is 5.91 Å². The minimum absolute atomic E-state index is 0.0599. The van der Waals surface area contributed by atoms with Gasteiger partial charge in [-0.25, -0.2) is 0 Å². The number of thiophene rings is 1. The molecule has 0 spiro atoms. The first-order valence-electron chi connectivity index (χ1n) is 10.3. The molecule has 162 valence electrons. The van der Waals surface area contributed by atoms with E-state index in [4.69, 9.17) is 0 Å². The molecule has 1 N–H and O–H groups in total. The highest BCUT2D eigenvalue weighted by Gasteiger charge is 2.27. The zero-order valence-electron chi connectivity index (χ0n) is 17.8. The Kier molecular flexibility index (Phi) is 7.42. The van der Waals surface area contributed by atoms with Gasteiger partial charge in [-0.3, -0.25) is 14.4 Å². The first kappa shape index (κ1) is 22.5. The van der Waals surface area contributed by atoms with Crippen LogP contribution in [0.3, 0.4) is 0 Å². The number of hydrogen-bond acceptors (Lipinski definition) is 5. The Morgan fingerprint density at radius 3 is 2.55 bits per heavy atom. The van der Waals surface area contributed by atoms with E-state index in [0.29, 0.717) is 61.3 Å². The zero-order chi connectivity index (χ0) is 22.4. The number of amides is 3. The number of fused-ring (bicyclic) bond motifs is 1. The molecule has 3 rings (SSSR count). The van der Waals surface area contributed by atoms with Gasteiger partial charge in [-0.1, -0.05) is 18.2 Å². The Bertz CT molecular complexity index is 1010. The lowest BCUT2D eigenvalue weighted by atomic mass is 10.0. The fourth-order valence-corrected chi connectivity index (χ4v) is 4.73. The fourth-order valence-electron chi connectivity index (χ4n) is 3.52. The molecule has 2 aromatic rings. The second kappa shape index (κ2) is 10.2. The summed E-state index contributed by atoms with van der Waals surface area (Å²) in [5.74, 6) is -0.122. The molecule has 31 heavy (non-hydrogen) atoms. The van der Waals surface area contributed by atoms with E-state index in [-0.39, 0.29) is 17.7 Å². The maximum absolute atomic E-state index is 12.6. The second-order valence-corrected chi connectivity index (χ2v) is 8.81. The third-order valence-corrected chi connectivity index (χ3v) is 6.45. The number of anilines is 1. The van der Waals surface area contributed by atoms with Crippen LogP contribution >= 0.6 is 11.3 Å². The summed E-state index contributed by atoms with van der Waals surface area (Å²) in [5, 5.41) is 13.0. The normalized spacial score (nSPS) is 12.6. The van der Waals surface area contributed by atoms with Crippen LogP contribution in [-0.2, 0) is 22.6 Å². The first-order chi connectivity index (χ1) is 14.9. The molecular weight excluding hydrogens is 412 g/mol. The zero-order valence-corrected chi connectivity index (χ0v) is 18.6. The number of nitriles is 1. The van der Waals surface area contributed by atoms with Gasteiger partial charge in [-0.15, -0.1) is 11.3 Å². The molecule has 1 aromatic heterocycles. The SMILES string of the molecule is CN(C)C(=O)CCCCC(=O)N1CCc2c(sc(NC(=O)c3ccccc3)c2C#N)C1. The van der Waals surface area contributed by atoms with Gasteiger partial charge in [0.1, 0.15) is 11.1 Å². The van der Waals surface area contributed by atoms with Crippen molar-refractivity contribution < 1.29 is 14.4 Å². The minimum atomic E-state index is -0.254. The third-order valence-electron chi connectivity index (χ3n) is 5.31. The molecule has 7 nitrogen and oxygen atoms in total. The largest absolute Gasteiger partial charge is 0.349 e. The lowest BCUT2D eigenvalue weighted by molar-refractivity contribution is -0.133. The Labute approximate surface area is 186 Å². The highest BCUT2D eigenvalue weighted by Crippen LogP contribution is 2.37. The van der Waals surface area contributed by atoms with Crippen molar-refractivity contribution in [3.05, 3.63) is 51.9 Å². The number of unbranched alkanes of at least 4 members (excludes halogenated alkanes) is 1. The van der Waals surface area contributed by atoms with Crippen molar-refractivity contribution in [1.82, 2.24) is 9.80 Å². The van der Waals surface area contributed by atoms with Gasteiger partial charge in [0, 0.05) is 43.9 Å². The molecule has 0 bridgehead atoms. The van der Waals surface area contributed by atoms with Crippen LogP contribution < -0.4 is 5.32 Å². The highest BCUT2D eigenvalue weighted by molar-refractivity contribution is 7.16. The lowest BCUT2D eigenvalue weighted by Gasteiger charge is -2.27. The summed E-state index contributed by atoms with van der Waals surface area (Å²) in [6, 6.07) is 11.1. The van der Waals surface area contributed by atoms with Crippen LogP contribution in [0.25, 0.3) is 0 Å². The van der Waals surface area contributed by atoms with Crippen molar-refractivity contribution in [2.45, 2.75) is 38.6 Å². The quantitative estimate of drug-likeness (QED) is 0.671. The van der Waals surface area contributed by atoms with Gasteiger partial charge in [0.05, 0.1) is 12.1 Å². The summed E-state index contributed by atoms with van der Waals surface area (Å²) in [7, 11) is 3.46. The Morgan fingerprint density at radius 2 is 1.87 bits per heavy atom. The molecule has 1 aromatic carbocycles. The smallest absolute Gasteiger partial charge is 0.256 e. The lowest BCUT2D eigenvalue weighted by Crippen LogP contribution is -2.35. The van der Waals surface area contributed by atoms with Gasteiger partial charge in [-0.2, -0.15) is 5.26 Å². The molecule has 8 heteroatoms. The summed E-state index contributed by atoms with van der Waals surface area (Å²) in [6.07, 6.45) is 2.82. The van der Waals surface area contributed by atoms with Gasteiger partial charge in [0.2, 0.25) is 11.8 Å². The van der Waals surface area contributed by atoms with Gasteiger partial charge < -0.3 is 15.1 Å². The van der Waals surface area contributed by atoms with Crippen molar-refractivity contribution in [2.75, 3.05) is 26.0 Å². The molecular formula is C23H26N4O3S. The third kappa shape index (κ3) is 5.50. The maximum atomic E-state index is 12.6. The standard InChI is InChI=1S/C23H26N4O3S/c1-26(2)20(28)10-6-7-11-21(29)27-13-12-17-18(14-24)23(31-19(17)15-27)25-22(30)16-8-4-3-5-9-16/h3-5,8-9H,6-7,10-13,15H2,1-2H3,(H,25,30). The van der Waals surface area contributed by atoms with Crippen molar-refractivity contribution in [3.63, 3.8) is 0 Å². The van der Waals surface area contributed by atoms with Crippen molar-refractivity contribution in [2.24, 2.45) is 0 Å². The molecule has 3 amide bonds. The monoisotopic (exact) mass is 438 g/mol. The number of carbonyl (C=O) groups is 3. The maximum Gasteiger partial charge on any atom is 0.256 e. The van der Waals surface area contributed by atoms with Crippen LogP contribution in [0.4, 0.5) is 5.00 Å². The van der Waals surface area contributed by atoms with Gasteiger partial charge in [-0.05, 0) is 37.0 Å². The minimum Gasteiger partial charge on any atom is -0.349 e.